The highest BCUT2D eigenvalue weighted by Crippen LogP contribution is 2.43. The van der Waals surface area contributed by atoms with Crippen molar-refractivity contribution in [3.63, 3.8) is 0 Å². The van der Waals surface area contributed by atoms with E-state index in [1.165, 1.54) is 12.0 Å². The minimum absolute atomic E-state index is 0.212. The molecule has 0 aliphatic carbocycles. The average Bonchev–Trinajstić information content (AvgIpc) is 2.94. The number of carboxylic acids is 1. The van der Waals surface area contributed by atoms with E-state index in [4.69, 9.17) is 0 Å². The van der Waals surface area contributed by atoms with E-state index in [2.05, 4.69) is 10.1 Å². The van der Waals surface area contributed by atoms with Gasteiger partial charge in [0.2, 0.25) is 5.91 Å². The molecule has 8 nitrogen and oxygen atoms in total. The number of methoxy groups -OCH3 is 1. The van der Waals surface area contributed by atoms with Gasteiger partial charge in [0.25, 0.3) is 0 Å². The molecule has 2 unspecified atom stereocenters. The third-order valence-corrected chi connectivity index (χ3v) is 6.51. The van der Waals surface area contributed by atoms with E-state index >= 15 is 0 Å². The van der Waals surface area contributed by atoms with E-state index in [-0.39, 0.29) is 11.3 Å². The lowest BCUT2D eigenvalue weighted by Gasteiger charge is -2.33. The predicted molar refractivity (Wildman–Crippen MR) is 91.5 cm³/mol. The molecular formula is C16H26N2O6S. The molecule has 1 spiro atoms. The van der Waals surface area contributed by atoms with Crippen molar-refractivity contribution in [3.05, 3.63) is 0 Å². The quantitative estimate of drug-likeness (QED) is 0.744. The Morgan fingerprint density at radius 2 is 1.88 bits per heavy atom. The van der Waals surface area contributed by atoms with Crippen molar-refractivity contribution in [2.24, 2.45) is 11.3 Å². The smallest absolute Gasteiger partial charge is 0.407 e. The number of carboxylic acid groups (broad SMARTS) is 1. The number of carbonyl (C=O) groups is 3. The summed E-state index contributed by atoms with van der Waals surface area (Å²) in [6, 6.07) is -1.76. The Morgan fingerprint density at radius 3 is 2.36 bits per heavy atom. The van der Waals surface area contributed by atoms with Crippen LogP contribution in [-0.2, 0) is 25.1 Å². The van der Waals surface area contributed by atoms with Crippen molar-refractivity contribution >= 4 is 28.8 Å². The van der Waals surface area contributed by atoms with Gasteiger partial charge in [-0.05, 0) is 30.6 Å². The molecule has 2 atom stereocenters. The molecule has 2 N–H and O–H groups in total. The first-order valence-electron chi connectivity index (χ1n) is 8.42. The summed E-state index contributed by atoms with van der Waals surface area (Å²) in [5.41, 5.74) is -0.292. The van der Waals surface area contributed by atoms with Gasteiger partial charge in [0.15, 0.2) is 0 Å². The summed E-state index contributed by atoms with van der Waals surface area (Å²) in [5, 5.41) is 12.1. The van der Waals surface area contributed by atoms with Gasteiger partial charge in [-0.2, -0.15) is 0 Å². The van der Waals surface area contributed by atoms with Gasteiger partial charge in [0, 0.05) is 28.9 Å². The maximum atomic E-state index is 13.0. The maximum Gasteiger partial charge on any atom is 0.407 e. The molecule has 2 amide bonds. The highest BCUT2D eigenvalue weighted by atomic mass is 32.2. The summed E-state index contributed by atoms with van der Waals surface area (Å²) in [5.74, 6) is -0.574. The van der Waals surface area contributed by atoms with Crippen LogP contribution in [0.1, 0.15) is 33.1 Å². The standard InChI is InChI=1S/C16H26N2O6S/c1-10(2)12(17-15(22)24-3)13(19)18-9-16(8-11(18)14(20)21)4-6-25(23)7-5-16/h10-12H,4-9H2,1-3H3,(H,17,22)(H,20,21). The number of nitrogens with one attached hydrogen (secondary N) is 1. The molecule has 0 aromatic carbocycles. The predicted octanol–water partition coefficient (Wildman–Crippen LogP) is 0.581. The number of rotatable bonds is 4. The number of nitrogens with zero attached hydrogens (tertiary/aromatic N) is 1. The lowest BCUT2D eigenvalue weighted by atomic mass is 9.80. The maximum absolute atomic E-state index is 13.0. The van der Waals surface area contributed by atoms with Crippen LogP contribution in [0.4, 0.5) is 4.79 Å². The van der Waals surface area contributed by atoms with Crippen LogP contribution >= 0.6 is 0 Å². The number of carbonyl (C=O) groups excluding carboxylic acids is 2. The van der Waals surface area contributed by atoms with Gasteiger partial charge in [-0.15, -0.1) is 0 Å². The minimum Gasteiger partial charge on any atom is -0.480 e. The Balaban J connectivity index is 2.21. The van der Waals surface area contributed by atoms with Crippen LogP contribution in [0.3, 0.4) is 0 Å². The van der Waals surface area contributed by atoms with E-state index in [0.29, 0.717) is 37.3 Å². The Morgan fingerprint density at radius 1 is 1.28 bits per heavy atom. The summed E-state index contributed by atoms with van der Waals surface area (Å²) < 4.78 is 16.2. The summed E-state index contributed by atoms with van der Waals surface area (Å²) in [7, 11) is 0.357. The van der Waals surface area contributed by atoms with Crippen LogP contribution in [0.5, 0.6) is 0 Å². The normalized spacial score (nSPS) is 30.3. The van der Waals surface area contributed by atoms with Crippen LogP contribution in [0.2, 0.25) is 0 Å². The fraction of sp³-hybridized carbons (Fsp3) is 0.812. The van der Waals surface area contributed by atoms with Crippen LogP contribution < -0.4 is 5.32 Å². The molecule has 0 aromatic heterocycles. The number of amides is 2. The number of ether oxygens (including phenoxy) is 1. The molecule has 2 fully saturated rings. The fourth-order valence-electron chi connectivity index (χ4n) is 3.64. The second-order valence-corrected chi connectivity index (χ2v) is 8.93. The monoisotopic (exact) mass is 374 g/mol. The van der Waals surface area contributed by atoms with Crippen LogP contribution in [0, 0.1) is 11.3 Å². The minimum atomic E-state index is -1.04. The zero-order valence-electron chi connectivity index (χ0n) is 14.8. The van der Waals surface area contributed by atoms with E-state index in [9.17, 15) is 23.7 Å². The highest BCUT2D eigenvalue weighted by molar-refractivity contribution is 7.85. The summed E-state index contributed by atoms with van der Waals surface area (Å²) in [6.07, 6.45) is 0.961. The molecule has 0 aromatic rings. The molecule has 142 valence electrons. The summed E-state index contributed by atoms with van der Waals surface area (Å²) >= 11 is 0. The second kappa shape index (κ2) is 7.72. The van der Waals surface area contributed by atoms with Gasteiger partial charge in [0.1, 0.15) is 12.1 Å². The number of hydrogen-bond acceptors (Lipinski definition) is 5. The van der Waals surface area contributed by atoms with Crippen molar-refractivity contribution in [2.75, 3.05) is 25.2 Å². The van der Waals surface area contributed by atoms with E-state index in [0.717, 1.165) is 0 Å². The first-order chi connectivity index (χ1) is 11.7. The molecule has 25 heavy (non-hydrogen) atoms. The molecule has 2 aliphatic rings. The Labute approximate surface area is 149 Å². The van der Waals surface area contributed by atoms with Gasteiger partial charge in [-0.1, -0.05) is 13.8 Å². The van der Waals surface area contributed by atoms with Gasteiger partial charge in [-0.25, -0.2) is 9.59 Å². The van der Waals surface area contributed by atoms with Gasteiger partial charge >= 0.3 is 12.1 Å². The second-order valence-electron chi connectivity index (χ2n) is 7.23. The Hall–Kier alpha value is -1.64. The third kappa shape index (κ3) is 4.31. The summed E-state index contributed by atoms with van der Waals surface area (Å²) in [6.45, 7) is 3.89. The zero-order chi connectivity index (χ0) is 18.8. The van der Waals surface area contributed by atoms with Crippen molar-refractivity contribution in [1.29, 1.82) is 0 Å². The van der Waals surface area contributed by atoms with Crippen molar-refractivity contribution in [1.82, 2.24) is 10.2 Å². The van der Waals surface area contributed by atoms with Crippen molar-refractivity contribution < 1.29 is 28.4 Å². The molecule has 2 rings (SSSR count). The van der Waals surface area contributed by atoms with Crippen molar-refractivity contribution in [3.8, 4) is 0 Å². The number of alkyl carbamates (subject to hydrolysis) is 1. The lowest BCUT2D eigenvalue weighted by molar-refractivity contribution is -0.149. The van der Waals surface area contributed by atoms with Gasteiger partial charge in [-0.3, -0.25) is 9.00 Å². The van der Waals surface area contributed by atoms with Gasteiger partial charge < -0.3 is 20.1 Å². The first-order valence-corrected chi connectivity index (χ1v) is 9.90. The summed E-state index contributed by atoms with van der Waals surface area (Å²) in [4.78, 5) is 37.6. The Kier molecular flexibility index (Phi) is 6.08. The fourth-order valence-corrected chi connectivity index (χ4v) is 5.16. The highest BCUT2D eigenvalue weighted by Gasteiger charge is 2.51. The lowest BCUT2D eigenvalue weighted by Crippen LogP contribution is -2.54. The number of hydrogen-bond donors (Lipinski definition) is 2. The number of likely N-dealkylation sites (tertiary alicyclic amines) is 1. The Bertz CT molecular complexity index is 569. The average molecular weight is 374 g/mol. The molecule has 9 heteroatoms. The largest absolute Gasteiger partial charge is 0.480 e. The molecule has 2 aliphatic heterocycles. The van der Waals surface area contributed by atoms with Crippen LogP contribution in [-0.4, -0.2) is 69.4 Å². The molecule has 0 bridgehead atoms. The third-order valence-electron chi connectivity index (χ3n) is 5.19. The van der Waals surface area contributed by atoms with Crippen LogP contribution in [0.25, 0.3) is 0 Å². The molecule has 0 radical (unpaired) electrons. The SMILES string of the molecule is COC(=O)NC(C(=O)N1CC2(CCS(=O)CC2)CC1C(=O)O)C(C)C. The molecule has 0 saturated carbocycles. The molecule has 2 heterocycles. The van der Waals surface area contributed by atoms with E-state index in [1.807, 2.05) is 0 Å². The molecular weight excluding hydrogens is 348 g/mol. The zero-order valence-corrected chi connectivity index (χ0v) is 15.6. The van der Waals surface area contributed by atoms with Crippen LogP contribution in [0.15, 0.2) is 0 Å². The molecule has 2 saturated heterocycles. The first kappa shape index (κ1) is 19.7. The number of aliphatic carboxylic acids is 1. The topological polar surface area (TPSA) is 113 Å². The van der Waals surface area contributed by atoms with E-state index in [1.54, 1.807) is 13.8 Å². The van der Waals surface area contributed by atoms with E-state index < -0.39 is 40.9 Å². The van der Waals surface area contributed by atoms with Gasteiger partial charge in [0.05, 0.1) is 7.11 Å². The van der Waals surface area contributed by atoms with Crippen molar-refractivity contribution in [2.45, 2.75) is 45.2 Å².